The van der Waals surface area contributed by atoms with Gasteiger partial charge in [0.15, 0.2) is 18.1 Å². The van der Waals surface area contributed by atoms with Crippen LogP contribution < -0.4 is 20.5 Å². The van der Waals surface area contributed by atoms with E-state index in [9.17, 15) is 14.9 Å². The highest BCUT2D eigenvalue weighted by molar-refractivity contribution is 5.93. The van der Waals surface area contributed by atoms with Gasteiger partial charge in [0.2, 0.25) is 5.88 Å². The number of esters is 1. The van der Waals surface area contributed by atoms with Crippen LogP contribution >= 0.6 is 0 Å². The first-order chi connectivity index (χ1) is 17.7. The van der Waals surface area contributed by atoms with Crippen LogP contribution in [-0.2, 0) is 19.1 Å². The van der Waals surface area contributed by atoms with Gasteiger partial charge in [-0.2, -0.15) is 5.26 Å². The highest BCUT2D eigenvalue weighted by Gasteiger charge is 2.36. The molecule has 1 unspecified atom stereocenters. The molecule has 0 saturated heterocycles. The van der Waals surface area contributed by atoms with E-state index < -0.39 is 11.9 Å². The molecule has 3 N–H and O–H groups in total. The van der Waals surface area contributed by atoms with Gasteiger partial charge in [0, 0.05) is 5.69 Å². The normalized spacial score (nSPS) is 15.0. The third-order valence-electron chi connectivity index (χ3n) is 5.94. The molecule has 1 aliphatic rings. The predicted octanol–water partition coefficient (Wildman–Crippen LogP) is 4.36. The largest absolute Gasteiger partial charge is 0.490 e. The van der Waals surface area contributed by atoms with E-state index in [4.69, 9.17) is 24.7 Å². The summed E-state index contributed by atoms with van der Waals surface area (Å²) in [6, 6.07) is 12.7. The van der Waals surface area contributed by atoms with Gasteiger partial charge < -0.3 is 30.0 Å². The number of nitriles is 1. The maximum Gasteiger partial charge on any atom is 0.338 e. The quantitative estimate of drug-likeness (QED) is 0.480. The van der Waals surface area contributed by atoms with E-state index in [1.54, 1.807) is 32.0 Å². The van der Waals surface area contributed by atoms with E-state index in [0.717, 1.165) is 16.8 Å². The smallest absolute Gasteiger partial charge is 0.338 e. The molecule has 1 atom stereocenters. The number of benzene rings is 2. The van der Waals surface area contributed by atoms with E-state index in [1.165, 1.54) is 0 Å². The van der Waals surface area contributed by atoms with Crippen molar-refractivity contribution >= 4 is 17.6 Å². The number of hydrogen-bond acceptors (Lipinski definition) is 8. The molecule has 0 bridgehead atoms. The van der Waals surface area contributed by atoms with Crippen LogP contribution in [0.1, 0.15) is 43.4 Å². The van der Waals surface area contributed by atoms with Crippen LogP contribution in [0.4, 0.5) is 5.69 Å². The second-order valence-electron chi connectivity index (χ2n) is 8.34. The summed E-state index contributed by atoms with van der Waals surface area (Å²) in [4.78, 5) is 25.3. The van der Waals surface area contributed by atoms with Crippen molar-refractivity contribution in [2.75, 3.05) is 25.1 Å². The summed E-state index contributed by atoms with van der Waals surface area (Å²) in [5.41, 5.74) is 9.56. The van der Waals surface area contributed by atoms with E-state index in [0.29, 0.717) is 23.7 Å². The van der Waals surface area contributed by atoms with Crippen molar-refractivity contribution in [2.24, 2.45) is 5.73 Å². The summed E-state index contributed by atoms with van der Waals surface area (Å²) in [6.07, 6.45) is 0. The first-order valence-electron chi connectivity index (χ1n) is 11.9. The van der Waals surface area contributed by atoms with Gasteiger partial charge in [-0.05, 0) is 69.5 Å². The lowest BCUT2D eigenvalue weighted by Crippen LogP contribution is -2.25. The monoisotopic (exact) mass is 505 g/mol. The van der Waals surface area contributed by atoms with Gasteiger partial charge in [-0.1, -0.05) is 18.2 Å². The minimum Gasteiger partial charge on any atom is -0.490 e. The first-order valence-corrected chi connectivity index (χ1v) is 11.9. The van der Waals surface area contributed by atoms with Crippen molar-refractivity contribution in [3.05, 3.63) is 75.9 Å². The highest BCUT2D eigenvalue weighted by Crippen LogP contribution is 2.42. The fourth-order valence-corrected chi connectivity index (χ4v) is 4.00. The minimum absolute atomic E-state index is 0.0812. The molecule has 37 heavy (non-hydrogen) atoms. The summed E-state index contributed by atoms with van der Waals surface area (Å²) >= 11 is 0. The van der Waals surface area contributed by atoms with Gasteiger partial charge in [-0.3, -0.25) is 4.79 Å². The Hall–Kier alpha value is -4.45. The van der Waals surface area contributed by atoms with E-state index in [2.05, 4.69) is 11.4 Å². The molecule has 0 saturated carbocycles. The van der Waals surface area contributed by atoms with Gasteiger partial charge in [0.05, 0.1) is 24.7 Å². The lowest BCUT2D eigenvalue weighted by molar-refractivity contribution is -0.139. The molecule has 0 fully saturated rings. The van der Waals surface area contributed by atoms with E-state index in [-0.39, 0.29) is 41.9 Å². The topological polar surface area (TPSA) is 133 Å². The first kappa shape index (κ1) is 27.1. The van der Waals surface area contributed by atoms with Crippen LogP contribution in [0.2, 0.25) is 0 Å². The average Bonchev–Trinajstić information content (AvgIpc) is 2.86. The number of carbonyl (C=O) groups is 2. The van der Waals surface area contributed by atoms with Crippen LogP contribution in [0.25, 0.3) is 0 Å². The number of hydrogen-bond donors (Lipinski definition) is 2. The van der Waals surface area contributed by atoms with Crippen molar-refractivity contribution < 1.29 is 28.5 Å². The highest BCUT2D eigenvalue weighted by atomic mass is 16.5. The maximum absolute atomic E-state index is 12.8. The fourth-order valence-electron chi connectivity index (χ4n) is 4.00. The summed E-state index contributed by atoms with van der Waals surface area (Å²) in [5, 5.41) is 12.7. The predicted molar refractivity (Wildman–Crippen MR) is 138 cm³/mol. The molecule has 2 aromatic rings. The molecule has 1 aliphatic heterocycles. The molecule has 1 heterocycles. The van der Waals surface area contributed by atoms with Crippen LogP contribution in [0.15, 0.2) is 59.2 Å². The van der Waals surface area contributed by atoms with Gasteiger partial charge in [0.1, 0.15) is 17.4 Å². The van der Waals surface area contributed by atoms with Gasteiger partial charge in [0.25, 0.3) is 5.91 Å². The molecule has 3 rings (SSSR count). The number of rotatable bonds is 9. The second kappa shape index (κ2) is 12.0. The number of carbonyl (C=O) groups excluding carboxylic acids is 2. The SMILES string of the molecule is CCOC(=O)C1=C(C)OC(N)=C(C#N)C1c1ccc(OCC(=O)Nc2cccc(C)c2C)c(OCC)c1. The third kappa shape index (κ3) is 6.04. The van der Waals surface area contributed by atoms with Crippen molar-refractivity contribution in [1.82, 2.24) is 0 Å². The van der Waals surface area contributed by atoms with Gasteiger partial charge in [-0.25, -0.2) is 4.79 Å². The fraction of sp³-hybridized carbons (Fsp3) is 0.321. The molecule has 0 spiro atoms. The number of aryl methyl sites for hydroxylation is 1. The Morgan fingerprint density at radius 2 is 1.84 bits per heavy atom. The lowest BCUT2D eigenvalue weighted by Gasteiger charge is -2.27. The third-order valence-corrected chi connectivity index (χ3v) is 5.94. The molecule has 0 aromatic heterocycles. The molecular formula is C28H31N3O6. The zero-order valence-corrected chi connectivity index (χ0v) is 21.6. The van der Waals surface area contributed by atoms with Crippen LogP contribution in [0.3, 0.4) is 0 Å². The standard InChI is InChI=1S/C28H31N3O6/c1-6-34-23-13-19(26-20(14-29)27(30)37-18(5)25(26)28(33)35-7-2)11-12-22(23)36-15-24(32)31-21-10-8-9-16(3)17(21)4/h8-13,26H,6-7,15,30H2,1-5H3,(H,31,32). The summed E-state index contributed by atoms with van der Waals surface area (Å²) in [7, 11) is 0. The molecule has 2 aromatic carbocycles. The van der Waals surface area contributed by atoms with E-state index >= 15 is 0 Å². The summed E-state index contributed by atoms with van der Waals surface area (Å²) < 4.78 is 22.2. The van der Waals surface area contributed by atoms with Crippen molar-refractivity contribution in [3.8, 4) is 17.6 Å². The van der Waals surface area contributed by atoms with E-state index in [1.807, 2.05) is 39.0 Å². The molecule has 1 amide bonds. The second-order valence-corrected chi connectivity index (χ2v) is 8.34. The Balaban J connectivity index is 1.90. The molecule has 194 valence electrons. The Labute approximate surface area is 216 Å². The minimum atomic E-state index is -0.821. The van der Waals surface area contributed by atoms with Crippen LogP contribution in [-0.4, -0.2) is 31.7 Å². The number of amides is 1. The van der Waals surface area contributed by atoms with Crippen LogP contribution in [0, 0.1) is 25.2 Å². The Morgan fingerprint density at radius 3 is 2.51 bits per heavy atom. The Bertz CT molecular complexity index is 1310. The number of allylic oxidation sites excluding steroid dienone is 2. The zero-order valence-electron chi connectivity index (χ0n) is 21.6. The number of nitrogens with two attached hydrogens (primary N) is 1. The zero-order chi connectivity index (χ0) is 27.1. The molecule has 0 radical (unpaired) electrons. The number of anilines is 1. The Kier molecular flexibility index (Phi) is 8.80. The van der Waals surface area contributed by atoms with Gasteiger partial charge >= 0.3 is 5.97 Å². The van der Waals surface area contributed by atoms with Gasteiger partial charge in [-0.15, -0.1) is 0 Å². The number of ether oxygens (including phenoxy) is 4. The number of nitrogens with zero attached hydrogens (tertiary/aromatic N) is 1. The van der Waals surface area contributed by atoms with Crippen molar-refractivity contribution in [3.63, 3.8) is 0 Å². The summed E-state index contributed by atoms with van der Waals surface area (Å²) in [6.45, 7) is 9.24. The average molecular weight is 506 g/mol. The van der Waals surface area contributed by atoms with Crippen molar-refractivity contribution in [2.45, 2.75) is 40.5 Å². The molecular weight excluding hydrogens is 474 g/mol. The summed E-state index contributed by atoms with van der Waals surface area (Å²) in [5.74, 6) is -0.897. The van der Waals surface area contributed by atoms with Crippen molar-refractivity contribution in [1.29, 1.82) is 5.26 Å². The Morgan fingerprint density at radius 1 is 1.08 bits per heavy atom. The van der Waals surface area contributed by atoms with Crippen LogP contribution in [0.5, 0.6) is 11.5 Å². The molecule has 9 heteroatoms. The maximum atomic E-state index is 12.8. The molecule has 0 aliphatic carbocycles. The lowest BCUT2D eigenvalue weighted by atomic mass is 9.83. The molecule has 9 nitrogen and oxygen atoms in total. The number of nitrogens with one attached hydrogen (secondary N) is 1.